The molecule has 0 heterocycles. The highest BCUT2D eigenvalue weighted by Crippen LogP contribution is 2.38. The quantitative estimate of drug-likeness (QED) is 0.671. The molecule has 0 aliphatic heterocycles. The van der Waals surface area contributed by atoms with Gasteiger partial charge in [0, 0.05) is 21.9 Å². The summed E-state index contributed by atoms with van der Waals surface area (Å²) in [5.74, 6) is -1.82. The molecule has 0 amide bonds. The minimum Gasteiger partial charge on any atom is -0.478 e. The van der Waals surface area contributed by atoms with Crippen LogP contribution in [0.4, 0.5) is 10.1 Å². The molecular weight excluding hydrogens is 321 g/mol. The third kappa shape index (κ3) is 3.50. The van der Waals surface area contributed by atoms with E-state index < -0.39 is 22.4 Å². The van der Waals surface area contributed by atoms with Crippen molar-refractivity contribution in [3.63, 3.8) is 0 Å². The Morgan fingerprint density at radius 2 is 2.05 bits per heavy atom. The lowest BCUT2D eigenvalue weighted by molar-refractivity contribution is -0.384. The van der Waals surface area contributed by atoms with Crippen LogP contribution in [-0.2, 0) is 0 Å². The summed E-state index contributed by atoms with van der Waals surface area (Å²) in [5.41, 5.74) is -0.718. The number of nitro benzene ring substituents is 1. The molecule has 0 aliphatic carbocycles. The van der Waals surface area contributed by atoms with Crippen molar-refractivity contribution in [2.75, 3.05) is 0 Å². The van der Waals surface area contributed by atoms with Gasteiger partial charge in [-0.25, -0.2) is 9.18 Å². The van der Waals surface area contributed by atoms with Gasteiger partial charge in [-0.1, -0.05) is 29.4 Å². The first-order valence-corrected chi connectivity index (χ1v) is 6.72. The Kier molecular flexibility index (Phi) is 4.44. The van der Waals surface area contributed by atoms with E-state index in [4.69, 9.17) is 16.7 Å². The maximum Gasteiger partial charge on any atom is 0.337 e. The van der Waals surface area contributed by atoms with E-state index in [1.807, 2.05) is 0 Å². The highest BCUT2D eigenvalue weighted by molar-refractivity contribution is 7.99. The lowest BCUT2D eigenvalue weighted by Gasteiger charge is -2.08. The van der Waals surface area contributed by atoms with E-state index in [1.54, 1.807) is 6.07 Å². The Labute approximate surface area is 127 Å². The van der Waals surface area contributed by atoms with Crippen LogP contribution in [0.1, 0.15) is 10.4 Å². The summed E-state index contributed by atoms with van der Waals surface area (Å²) in [6.07, 6.45) is 0. The highest BCUT2D eigenvalue weighted by Gasteiger charge is 2.21. The van der Waals surface area contributed by atoms with Crippen LogP contribution >= 0.6 is 23.4 Å². The van der Waals surface area contributed by atoms with Crippen LogP contribution in [0.25, 0.3) is 0 Å². The summed E-state index contributed by atoms with van der Waals surface area (Å²) >= 11 is 6.86. The number of hydrogen-bond donors (Lipinski definition) is 1. The van der Waals surface area contributed by atoms with E-state index in [0.29, 0.717) is 4.90 Å². The Bertz CT molecular complexity index is 738. The molecule has 0 unspecified atom stereocenters. The molecule has 0 bridgehead atoms. The topological polar surface area (TPSA) is 80.4 Å². The van der Waals surface area contributed by atoms with Crippen LogP contribution in [-0.4, -0.2) is 16.0 Å². The predicted octanol–water partition coefficient (Wildman–Crippen LogP) is 4.24. The zero-order chi connectivity index (χ0) is 15.6. The van der Waals surface area contributed by atoms with Gasteiger partial charge in [0.05, 0.1) is 15.5 Å². The molecule has 0 spiro atoms. The van der Waals surface area contributed by atoms with E-state index in [2.05, 4.69) is 0 Å². The van der Waals surface area contributed by atoms with Gasteiger partial charge >= 0.3 is 5.97 Å². The number of aromatic carboxylic acids is 1. The highest BCUT2D eigenvalue weighted by atomic mass is 35.5. The third-order valence-electron chi connectivity index (χ3n) is 2.49. The standard InChI is InChI=1S/C13H7ClFNO4S/c14-11-6-8(16(19)20)5-10(13(17)18)12(11)21-9-3-1-2-7(15)4-9/h1-6H,(H,17,18). The van der Waals surface area contributed by atoms with Crippen molar-refractivity contribution in [3.8, 4) is 0 Å². The van der Waals surface area contributed by atoms with Crippen molar-refractivity contribution in [3.05, 3.63) is 62.9 Å². The van der Waals surface area contributed by atoms with Crippen molar-refractivity contribution in [2.24, 2.45) is 0 Å². The second-order valence-electron chi connectivity index (χ2n) is 3.93. The normalized spacial score (nSPS) is 10.4. The second kappa shape index (κ2) is 6.11. The van der Waals surface area contributed by atoms with Gasteiger partial charge in [-0.3, -0.25) is 10.1 Å². The van der Waals surface area contributed by atoms with Crippen molar-refractivity contribution < 1.29 is 19.2 Å². The van der Waals surface area contributed by atoms with Gasteiger partial charge in [-0.15, -0.1) is 0 Å². The SMILES string of the molecule is O=C(O)c1cc([N+](=O)[O-])cc(Cl)c1Sc1cccc(F)c1. The molecule has 1 N–H and O–H groups in total. The molecule has 0 saturated carbocycles. The largest absolute Gasteiger partial charge is 0.478 e. The minimum absolute atomic E-state index is 0.0733. The van der Waals surface area contributed by atoms with E-state index in [0.717, 1.165) is 23.9 Å². The van der Waals surface area contributed by atoms with Gasteiger partial charge in [0.2, 0.25) is 0 Å². The van der Waals surface area contributed by atoms with E-state index in [-0.39, 0.29) is 15.5 Å². The number of hydrogen-bond acceptors (Lipinski definition) is 4. The maximum atomic E-state index is 13.1. The first-order valence-electron chi connectivity index (χ1n) is 5.53. The molecule has 0 fully saturated rings. The average Bonchev–Trinajstić information content (AvgIpc) is 2.40. The average molecular weight is 328 g/mol. The Balaban J connectivity index is 2.52. The number of carbonyl (C=O) groups is 1. The molecule has 21 heavy (non-hydrogen) atoms. The van der Waals surface area contributed by atoms with E-state index in [1.165, 1.54) is 18.2 Å². The van der Waals surface area contributed by atoms with Crippen LogP contribution in [0.3, 0.4) is 0 Å². The minimum atomic E-state index is -1.35. The second-order valence-corrected chi connectivity index (χ2v) is 5.42. The van der Waals surface area contributed by atoms with Gasteiger partial charge < -0.3 is 5.11 Å². The molecule has 2 rings (SSSR count). The van der Waals surface area contributed by atoms with E-state index in [9.17, 15) is 19.3 Å². The van der Waals surface area contributed by atoms with Crippen LogP contribution in [0.5, 0.6) is 0 Å². The summed E-state index contributed by atoms with van der Waals surface area (Å²) in [6.45, 7) is 0. The fraction of sp³-hybridized carbons (Fsp3) is 0. The molecule has 8 heteroatoms. The molecule has 108 valence electrons. The van der Waals surface area contributed by atoms with Gasteiger partial charge in [-0.2, -0.15) is 0 Å². The van der Waals surface area contributed by atoms with Gasteiger partial charge in [0.15, 0.2) is 0 Å². The third-order valence-corrected chi connectivity index (χ3v) is 4.03. The number of carboxylic acids is 1. The fourth-order valence-electron chi connectivity index (χ4n) is 1.60. The number of non-ortho nitro benzene ring substituents is 1. The molecule has 2 aromatic rings. The number of halogens is 2. The monoisotopic (exact) mass is 327 g/mol. The Morgan fingerprint density at radius 1 is 1.33 bits per heavy atom. The van der Waals surface area contributed by atoms with Crippen LogP contribution < -0.4 is 0 Å². The summed E-state index contributed by atoms with van der Waals surface area (Å²) in [5, 5.41) is 19.8. The van der Waals surface area contributed by atoms with Crippen LogP contribution in [0.2, 0.25) is 5.02 Å². The van der Waals surface area contributed by atoms with Gasteiger partial charge in [-0.05, 0) is 18.2 Å². The number of carboxylic acid groups (broad SMARTS) is 1. The Morgan fingerprint density at radius 3 is 2.62 bits per heavy atom. The number of benzene rings is 2. The lowest BCUT2D eigenvalue weighted by atomic mass is 10.2. The van der Waals surface area contributed by atoms with E-state index >= 15 is 0 Å². The van der Waals surface area contributed by atoms with Crippen molar-refractivity contribution in [1.82, 2.24) is 0 Å². The van der Waals surface area contributed by atoms with Crippen LogP contribution in [0.15, 0.2) is 46.2 Å². The lowest BCUT2D eigenvalue weighted by Crippen LogP contribution is -2.01. The molecule has 0 aliphatic rings. The summed E-state index contributed by atoms with van der Waals surface area (Å²) in [6, 6.07) is 7.51. The summed E-state index contributed by atoms with van der Waals surface area (Å²) in [4.78, 5) is 21.8. The van der Waals surface area contributed by atoms with Gasteiger partial charge in [0.1, 0.15) is 5.82 Å². The van der Waals surface area contributed by atoms with Crippen molar-refractivity contribution >= 4 is 35.0 Å². The van der Waals surface area contributed by atoms with Gasteiger partial charge in [0.25, 0.3) is 5.69 Å². The first kappa shape index (κ1) is 15.3. The maximum absolute atomic E-state index is 13.1. The van der Waals surface area contributed by atoms with Crippen LogP contribution in [0, 0.1) is 15.9 Å². The smallest absolute Gasteiger partial charge is 0.337 e. The first-order chi connectivity index (χ1) is 9.88. The molecule has 0 saturated heterocycles. The molecule has 5 nitrogen and oxygen atoms in total. The zero-order valence-corrected chi connectivity index (χ0v) is 11.8. The molecule has 0 radical (unpaired) electrons. The zero-order valence-electron chi connectivity index (χ0n) is 10.2. The number of rotatable bonds is 4. The number of nitrogens with zero attached hydrogens (tertiary/aromatic N) is 1. The van der Waals surface area contributed by atoms with Crippen molar-refractivity contribution in [2.45, 2.75) is 9.79 Å². The molecule has 2 aromatic carbocycles. The predicted molar refractivity (Wildman–Crippen MR) is 75.6 cm³/mol. The molecule has 0 atom stereocenters. The fourth-order valence-corrected chi connectivity index (χ4v) is 2.89. The Hall–Kier alpha value is -2.12. The van der Waals surface area contributed by atoms with Crippen molar-refractivity contribution in [1.29, 1.82) is 0 Å². The summed E-state index contributed by atoms with van der Waals surface area (Å²) in [7, 11) is 0. The molecular formula is C13H7ClFNO4S. The molecule has 0 aromatic heterocycles. The summed E-state index contributed by atoms with van der Waals surface area (Å²) < 4.78 is 13.1. The number of nitro groups is 1.